The molecule has 20 heavy (non-hydrogen) atoms. The molecule has 2 aromatic heterocycles. The first kappa shape index (κ1) is 12.8. The normalized spacial score (nSPS) is 15.4. The summed E-state index contributed by atoms with van der Waals surface area (Å²) in [6.07, 6.45) is 4.18. The van der Waals surface area contributed by atoms with Gasteiger partial charge in [-0.2, -0.15) is 5.10 Å². The van der Waals surface area contributed by atoms with Crippen molar-refractivity contribution in [1.82, 2.24) is 25.1 Å². The lowest BCUT2D eigenvalue weighted by Crippen LogP contribution is -2.30. The molecule has 3 rings (SSSR count). The van der Waals surface area contributed by atoms with Crippen LogP contribution >= 0.6 is 0 Å². The van der Waals surface area contributed by atoms with Crippen LogP contribution in [0.3, 0.4) is 0 Å². The molecule has 0 saturated carbocycles. The third kappa shape index (κ3) is 1.64. The summed E-state index contributed by atoms with van der Waals surface area (Å²) in [5.41, 5.74) is 4.15. The van der Waals surface area contributed by atoms with Gasteiger partial charge in [0.15, 0.2) is 5.69 Å². The summed E-state index contributed by atoms with van der Waals surface area (Å²) in [6.45, 7) is 4.24. The molecular weight excluding hydrogens is 254 g/mol. The number of fused-ring (bicyclic) bond motifs is 3. The van der Waals surface area contributed by atoms with E-state index in [9.17, 15) is 4.79 Å². The first-order chi connectivity index (χ1) is 9.45. The monoisotopic (exact) mass is 271 g/mol. The van der Waals surface area contributed by atoms with Crippen molar-refractivity contribution >= 4 is 5.91 Å². The van der Waals surface area contributed by atoms with Gasteiger partial charge in [-0.1, -0.05) is 13.8 Å². The number of nitrogens with zero attached hydrogens (tertiary/aromatic N) is 4. The molecule has 1 amide bonds. The Hall–Kier alpha value is -2.24. The standard InChI is InChI=1S/C14H17N5O/c1-14(2)5-8-6-16-7-17-10(8)12-9(14)11(13(20)15-3)18-19(12)4/h6-7H,5H2,1-4H3,(H,15,20). The van der Waals surface area contributed by atoms with Gasteiger partial charge in [0.25, 0.3) is 5.91 Å². The van der Waals surface area contributed by atoms with Crippen LogP contribution in [0, 0.1) is 0 Å². The minimum Gasteiger partial charge on any atom is -0.354 e. The minimum absolute atomic E-state index is 0.160. The Morgan fingerprint density at radius 1 is 1.45 bits per heavy atom. The first-order valence-electron chi connectivity index (χ1n) is 6.54. The average molecular weight is 271 g/mol. The molecule has 1 N–H and O–H groups in total. The van der Waals surface area contributed by atoms with Gasteiger partial charge in [-0.05, 0) is 17.4 Å². The SMILES string of the molecule is CNC(=O)c1nn(C)c2c1C(C)(C)Cc1cncnc1-2. The van der Waals surface area contributed by atoms with Crippen molar-refractivity contribution in [3.05, 3.63) is 29.3 Å². The molecule has 0 radical (unpaired) electrons. The number of carbonyl (C=O) groups is 1. The fourth-order valence-corrected chi connectivity index (χ4v) is 2.98. The number of nitrogens with one attached hydrogen (secondary N) is 1. The van der Waals surface area contributed by atoms with Gasteiger partial charge in [-0.3, -0.25) is 9.48 Å². The zero-order valence-corrected chi connectivity index (χ0v) is 12.1. The van der Waals surface area contributed by atoms with E-state index in [1.165, 1.54) is 6.33 Å². The van der Waals surface area contributed by atoms with Crippen LogP contribution in [0.15, 0.2) is 12.5 Å². The molecule has 2 aromatic rings. The number of aromatic nitrogens is 4. The smallest absolute Gasteiger partial charge is 0.271 e. The van der Waals surface area contributed by atoms with Crippen molar-refractivity contribution in [3.63, 3.8) is 0 Å². The van der Waals surface area contributed by atoms with Crippen molar-refractivity contribution in [1.29, 1.82) is 0 Å². The van der Waals surface area contributed by atoms with E-state index in [4.69, 9.17) is 0 Å². The lowest BCUT2D eigenvalue weighted by molar-refractivity contribution is 0.0955. The molecule has 6 nitrogen and oxygen atoms in total. The Kier molecular flexibility index (Phi) is 2.64. The van der Waals surface area contributed by atoms with Crippen molar-refractivity contribution in [2.45, 2.75) is 25.7 Å². The van der Waals surface area contributed by atoms with Crippen molar-refractivity contribution < 1.29 is 4.79 Å². The Labute approximate surface area is 117 Å². The fourth-order valence-electron chi connectivity index (χ4n) is 2.98. The van der Waals surface area contributed by atoms with E-state index in [0.717, 1.165) is 28.9 Å². The molecule has 2 heterocycles. The molecule has 0 atom stereocenters. The second kappa shape index (κ2) is 4.13. The van der Waals surface area contributed by atoms with Crippen LogP contribution in [0.4, 0.5) is 0 Å². The summed E-state index contributed by atoms with van der Waals surface area (Å²) in [7, 11) is 3.47. The number of aryl methyl sites for hydroxylation is 1. The van der Waals surface area contributed by atoms with E-state index in [0.29, 0.717) is 5.69 Å². The summed E-state index contributed by atoms with van der Waals surface area (Å²) >= 11 is 0. The quantitative estimate of drug-likeness (QED) is 0.842. The van der Waals surface area contributed by atoms with E-state index >= 15 is 0 Å². The van der Waals surface area contributed by atoms with Crippen LogP contribution in [0.2, 0.25) is 0 Å². The fraction of sp³-hybridized carbons (Fsp3) is 0.429. The zero-order chi connectivity index (χ0) is 14.5. The average Bonchev–Trinajstić information content (AvgIpc) is 2.77. The maximum atomic E-state index is 12.1. The topological polar surface area (TPSA) is 72.7 Å². The lowest BCUT2D eigenvalue weighted by atomic mass is 9.73. The predicted molar refractivity (Wildman–Crippen MR) is 74.4 cm³/mol. The maximum absolute atomic E-state index is 12.1. The van der Waals surface area contributed by atoms with Crippen molar-refractivity contribution in [2.75, 3.05) is 7.05 Å². The number of hydrogen-bond acceptors (Lipinski definition) is 4. The Bertz CT molecular complexity index is 702. The van der Waals surface area contributed by atoms with E-state index in [1.807, 2.05) is 13.2 Å². The molecule has 1 aliphatic carbocycles. The van der Waals surface area contributed by atoms with Gasteiger partial charge in [0.05, 0.1) is 11.4 Å². The van der Waals surface area contributed by atoms with Crippen LogP contribution in [-0.4, -0.2) is 32.7 Å². The van der Waals surface area contributed by atoms with E-state index in [2.05, 4.69) is 34.2 Å². The van der Waals surface area contributed by atoms with Gasteiger partial charge < -0.3 is 5.32 Å². The van der Waals surface area contributed by atoms with Gasteiger partial charge in [-0.25, -0.2) is 9.97 Å². The van der Waals surface area contributed by atoms with Crippen LogP contribution in [0.5, 0.6) is 0 Å². The van der Waals surface area contributed by atoms with Gasteiger partial charge in [0, 0.05) is 25.9 Å². The third-order valence-electron chi connectivity index (χ3n) is 3.81. The molecule has 0 unspecified atom stereocenters. The highest BCUT2D eigenvalue weighted by atomic mass is 16.1. The van der Waals surface area contributed by atoms with Crippen LogP contribution < -0.4 is 5.32 Å². The number of hydrogen-bond donors (Lipinski definition) is 1. The molecule has 0 aliphatic heterocycles. The van der Waals surface area contributed by atoms with Crippen molar-refractivity contribution in [2.24, 2.45) is 7.05 Å². The van der Waals surface area contributed by atoms with E-state index in [1.54, 1.807) is 11.7 Å². The molecule has 0 spiro atoms. The molecule has 0 saturated heterocycles. The lowest BCUT2D eigenvalue weighted by Gasteiger charge is -2.31. The molecule has 0 fully saturated rings. The van der Waals surface area contributed by atoms with Gasteiger partial charge >= 0.3 is 0 Å². The van der Waals surface area contributed by atoms with Crippen LogP contribution in [0.1, 0.15) is 35.5 Å². The van der Waals surface area contributed by atoms with Gasteiger partial charge in [0.2, 0.25) is 0 Å². The molecule has 1 aliphatic rings. The van der Waals surface area contributed by atoms with E-state index in [-0.39, 0.29) is 11.3 Å². The third-order valence-corrected chi connectivity index (χ3v) is 3.81. The number of rotatable bonds is 1. The highest BCUT2D eigenvalue weighted by Crippen LogP contribution is 2.43. The summed E-state index contributed by atoms with van der Waals surface area (Å²) in [5, 5.41) is 7.06. The summed E-state index contributed by atoms with van der Waals surface area (Å²) in [4.78, 5) is 20.6. The van der Waals surface area contributed by atoms with Crippen LogP contribution in [0.25, 0.3) is 11.4 Å². The maximum Gasteiger partial charge on any atom is 0.271 e. The summed E-state index contributed by atoms with van der Waals surface area (Å²) in [5.74, 6) is -0.160. The molecule has 6 heteroatoms. The Morgan fingerprint density at radius 2 is 2.20 bits per heavy atom. The first-order valence-corrected chi connectivity index (χ1v) is 6.54. The van der Waals surface area contributed by atoms with E-state index < -0.39 is 0 Å². The predicted octanol–water partition coefficient (Wildman–Crippen LogP) is 1.07. The van der Waals surface area contributed by atoms with Gasteiger partial charge in [0.1, 0.15) is 6.33 Å². The Morgan fingerprint density at radius 3 is 2.90 bits per heavy atom. The Balaban J connectivity index is 2.35. The zero-order valence-electron chi connectivity index (χ0n) is 12.1. The second-order valence-corrected chi connectivity index (χ2v) is 5.73. The summed E-state index contributed by atoms with van der Waals surface area (Å²) in [6, 6.07) is 0. The molecule has 104 valence electrons. The number of carbonyl (C=O) groups excluding carboxylic acids is 1. The summed E-state index contributed by atoms with van der Waals surface area (Å²) < 4.78 is 1.74. The highest BCUT2D eigenvalue weighted by Gasteiger charge is 2.39. The largest absolute Gasteiger partial charge is 0.354 e. The molecule has 0 aromatic carbocycles. The highest BCUT2D eigenvalue weighted by molar-refractivity contribution is 5.96. The molecular formula is C14H17N5O. The minimum atomic E-state index is -0.177. The second-order valence-electron chi connectivity index (χ2n) is 5.73. The van der Waals surface area contributed by atoms with Gasteiger partial charge in [-0.15, -0.1) is 0 Å². The van der Waals surface area contributed by atoms with Crippen molar-refractivity contribution in [3.8, 4) is 11.4 Å². The van der Waals surface area contributed by atoms with Crippen LogP contribution in [-0.2, 0) is 18.9 Å². The number of amides is 1. The molecule has 0 bridgehead atoms.